The number of nitrogens with two attached hydrogens (primary N) is 1. The van der Waals surface area contributed by atoms with E-state index in [4.69, 9.17) is 10.5 Å². The van der Waals surface area contributed by atoms with Crippen molar-refractivity contribution in [2.75, 3.05) is 18.5 Å². The van der Waals surface area contributed by atoms with Crippen molar-refractivity contribution >= 4 is 34.0 Å². The highest BCUT2D eigenvalue weighted by molar-refractivity contribution is 7.19. The molecule has 2 aromatic heterocycles. The second-order valence-electron chi connectivity index (χ2n) is 8.11. The number of pyridine rings is 1. The van der Waals surface area contributed by atoms with E-state index in [0.29, 0.717) is 46.4 Å². The molecule has 1 fully saturated rings. The first-order chi connectivity index (χ1) is 16.3. The second kappa shape index (κ2) is 10.3. The number of aliphatic hydroxyl groups is 1. The Morgan fingerprint density at radius 2 is 2.12 bits per heavy atom. The Bertz CT molecular complexity index is 1210. The van der Waals surface area contributed by atoms with Crippen LogP contribution in [0.1, 0.15) is 39.8 Å². The van der Waals surface area contributed by atoms with Crippen LogP contribution in [0, 0.1) is 5.82 Å². The van der Waals surface area contributed by atoms with E-state index in [-0.39, 0.29) is 23.3 Å². The molecule has 3 heterocycles. The monoisotopic (exact) mass is 484 g/mol. The third kappa shape index (κ3) is 5.58. The van der Waals surface area contributed by atoms with E-state index in [2.05, 4.69) is 15.6 Å². The summed E-state index contributed by atoms with van der Waals surface area (Å²) in [5.41, 5.74) is 6.93. The number of hydrogen-bond donors (Lipinski definition) is 4. The first kappa shape index (κ1) is 23.8. The minimum Gasteiger partial charge on any atom is -0.393 e. The fourth-order valence-corrected chi connectivity index (χ4v) is 4.61. The van der Waals surface area contributed by atoms with Gasteiger partial charge in [0.2, 0.25) is 0 Å². The highest BCUT2D eigenvalue weighted by atomic mass is 32.1. The zero-order valence-electron chi connectivity index (χ0n) is 18.5. The third-order valence-corrected chi connectivity index (χ3v) is 6.42. The quantitative estimate of drug-likeness (QED) is 0.369. The number of nitrogens with zero attached hydrogens (tertiary/aromatic N) is 1. The average molecular weight is 485 g/mol. The van der Waals surface area contributed by atoms with Gasteiger partial charge >= 0.3 is 0 Å². The lowest BCUT2D eigenvalue weighted by molar-refractivity contribution is -0.0473. The maximum absolute atomic E-state index is 14.8. The van der Waals surface area contributed by atoms with E-state index in [1.54, 1.807) is 37.3 Å². The van der Waals surface area contributed by atoms with Gasteiger partial charge in [-0.3, -0.25) is 9.59 Å². The molecule has 8 nitrogen and oxygen atoms in total. The molecule has 2 amide bonds. The minimum absolute atomic E-state index is 0.0365. The lowest BCUT2D eigenvalue weighted by atomic mass is 10.0. The van der Waals surface area contributed by atoms with Gasteiger partial charge in [0.05, 0.1) is 17.8 Å². The lowest BCUT2D eigenvalue weighted by Gasteiger charge is -2.26. The molecule has 0 spiro atoms. The minimum atomic E-state index is -0.675. The molecule has 10 heteroatoms. The van der Waals surface area contributed by atoms with Gasteiger partial charge < -0.3 is 26.2 Å². The molecule has 1 aromatic carbocycles. The number of anilines is 2. The predicted molar refractivity (Wildman–Crippen MR) is 128 cm³/mol. The van der Waals surface area contributed by atoms with Crippen LogP contribution in [0.2, 0.25) is 0 Å². The van der Waals surface area contributed by atoms with E-state index in [1.165, 1.54) is 12.1 Å². The largest absolute Gasteiger partial charge is 0.393 e. The van der Waals surface area contributed by atoms with Crippen molar-refractivity contribution in [2.45, 2.75) is 32.0 Å². The Hall–Kier alpha value is -3.34. The van der Waals surface area contributed by atoms with Gasteiger partial charge in [-0.2, -0.15) is 0 Å². The fourth-order valence-electron chi connectivity index (χ4n) is 3.52. The lowest BCUT2D eigenvalue weighted by Crippen LogP contribution is -2.39. The molecule has 0 radical (unpaired) electrons. The van der Waals surface area contributed by atoms with Crippen molar-refractivity contribution in [3.8, 4) is 10.4 Å². The van der Waals surface area contributed by atoms with Crippen molar-refractivity contribution in [3.05, 3.63) is 65.1 Å². The fraction of sp³-hybridized carbons (Fsp3) is 0.292. The van der Waals surface area contributed by atoms with E-state index < -0.39 is 17.8 Å². The van der Waals surface area contributed by atoms with E-state index in [1.807, 2.05) is 0 Å². The summed E-state index contributed by atoms with van der Waals surface area (Å²) in [4.78, 5) is 29.3. The van der Waals surface area contributed by atoms with Crippen LogP contribution in [0.15, 0.2) is 42.5 Å². The number of aromatic nitrogens is 1. The summed E-state index contributed by atoms with van der Waals surface area (Å²) < 4.78 is 20.1. The van der Waals surface area contributed by atoms with Crippen molar-refractivity contribution in [1.29, 1.82) is 0 Å². The zero-order chi connectivity index (χ0) is 24.2. The van der Waals surface area contributed by atoms with Crippen LogP contribution in [-0.4, -0.2) is 47.3 Å². The molecule has 1 aliphatic heterocycles. The summed E-state index contributed by atoms with van der Waals surface area (Å²) in [7, 11) is 0. The number of thiophene rings is 1. The van der Waals surface area contributed by atoms with Gasteiger partial charge in [0.15, 0.2) is 0 Å². The van der Waals surface area contributed by atoms with Crippen LogP contribution in [0.25, 0.3) is 10.4 Å². The van der Waals surface area contributed by atoms with E-state index in [9.17, 15) is 19.1 Å². The summed E-state index contributed by atoms with van der Waals surface area (Å²) in [6.07, 6.45) is 0.704. The molecular weight excluding hydrogens is 459 g/mol. The van der Waals surface area contributed by atoms with Gasteiger partial charge in [-0.15, -0.1) is 11.3 Å². The van der Waals surface area contributed by atoms with Crippen molar-refractivity contribution in [1.82, 2.24) is 10.3 Å². The van der Waals surface area contributed by atoms with Crippen molar-refractivity contribution in [3.63, 3.8) is 0 Å². The number of carbonyl (C=O) groups excluding carboxylic acids is 2. The Kier molecular flexibility index (Phi) is 7.20. The Morgan fingerprint density at radius 3 is 2.76 bits per heavy atom. The third-order valence-electron chi connectivity index (χ3n) is 5.33. The highest BCUT2D eigenvalue weighted by Crippen LogP contribution is 2.38. The maximum atomic E-state index is 14.8. The molecule has 2 atom stereocenters. The number of hydrogen-bond acceptors (Lipinski definition) is 7. The van der Waals surface area contributed by atoms with Gasteiger partial charge in [-0.25, -0.2) is 9.37 Å². The van der Waals surface area contributed by atoms with Crippen molar-refractivity contribution < 1.29 is 23.8 Å². The topological polar surface area (TPSA) is 127 Å². The average Bonchev–Trinajstić information content (AvgIpc) is 3.16. The molecule has 1 aliphatic rings. The molecule has 0 bridgehead atoms. The molecule has 1 saturated heterocycles. The van der Waals surface area contributed by atoms with Crippen LogP contribution >= 0.6 is 11.3 Å². The first-order valence-electron chi connectivity index (χ1n) is 10.8. The van der Waals surface area contributed by atoms with Crippen molar-refractivity contribution in [2.24, 2.45) is 5.73 Å². The number of rotatable bonds is 9. The SMILES string of the molecule is CC(O)Cc1ccc(-c2cc(C(N)=O)c(Nc3cccc(C(=O)NCC4CCO4)n3)s2)c(F)c1. The normalized spacial score (nSPS) is 15.9. The highest BCUT2D eigenvalue weighted by Gasteiger charge is 2.20. The number of benzene rings is 1. The smallest absolute Gasteiger partial charge is 0.270 e. The van der Waals surface area contributed by atoms with Crippen LogP contribution in [-0.2, 0) is 11.2 Å². The zero-order valence-corrected chi connectivity index (χ0v) is 19.3. The van der Waals surface area contributed by atoms with Gasteiger partial charge in [-0.05, 0) is 49.6 Å². The Balaban J connectivity index is 1.55. The summed E-state index contributed by atoms with van der Waals surface area (Å²) in [5.74, 6) is -1.13. The van der Waals surface area contributed by atoms with Crippen LogP contribution in [0.3, 0.4) is 0 Å². The summed E-state index contributed by atoms with van der Waals surface area (Å²) in [6.45, 7) is 2.76. The Labute approximate surface area is 200 Å². The number of halogens is 1. The van der Waals surface area contributed by atoms with Crippen LogP contribution in [0.5, 0.6) is 0 Å². The number of primary amides is 1. The summed E-state index contributed by atoms with van der Waals surface area (Å²) in [6, 6.07) is 11.2. The van der Waals surface area contributed by atoms with Gasteiger partial charge in [0.1, 0.15) is 22.3 Å². The molecule has 4 rings (SSSR count). The number of carbonyl (C=O) groups is 2. The molecule has 5 N–H and O–H groups in total. The summed E-state index contributed by atoms with van der Waals surface area (Å²) in [5, 5.41) is 15.7. The molecule has 2 unspecified atom stereocenters. The van der Waals surface area contributed by atoms with E-state index >= 15 is 0 Å². The molecule has 34 heavy (non-hydrogen) atoms. The standard InChI is InChI=1S/C24H25FN4O4S/c1-13(30)9-14-5-6-16(18(25)10-14)20-11-17(22(26)31)24(34-20)29-21-4-2-3-19(28-21)23(32)27-12-15-7-8-33-15/h2-6,10-11,13,15,30H,7-9,12H2,1H3,(H2,26,31)(H,27,32)(H,28,29). The maximum Gasteiger partial charge on any atom is 0.270 e. The Morgan fingerprint density at radius 1 is 1.32 bits per heavy atom. The molecule has 178 valence electrons. The van der Waals surface area contributed by atoms with Gasteiger partial charge in [-0.1, -0.05) is 18.2 Å². The molecule has 3 aromatic rings. The predicted octanol–water partition coefficient (Wildman–Crippen LogP) is 3.23. The second-order valence-corrected chi connectivity index (χ2v) is 9.16. The first-order valence-corrected chi connectivity index (χ1v) is 11.7. The van der Waals surface area contributed by atoms with Gasteiger partial charge in [0, 0.05) is 23.6 Å². The molecule has 0 aliphatic carbocycles. The number of aliphatic hydroxyl groups excluding tert-OH is 1. The molecule has 0 saturated carbocycles. The number of amides is 2. The van der Waals surface area contributed by atoms with Crippen LogP contribution in [0.4, 0.5) is 15.2 Å². The number of nitrogens with one attached hydrogen (secondary N) is 2. The van der Waals surface area contributed by atoms with E-state index in [0.717, 1.165) is 17.8 Å². The molecular formula is C24H25FN4O4S. The van der Waals surface area contributed by atoms with Crippen LogP contribution < -0.4 is 16.4 Å². The summed E-state index contributed by atoms with van der Waals surface area (Å²) >= 11 is 1.15. The number of ether oxygens (including phenoxy) is 1. The van der Waals surface area contributed by atoms with Gasteiger partial charge in [0.25, 0.3) is 11.8 Å².